The van der Waals surface area contributed by atoms with Gasteiger partial charge in [0.15, 0.2) is 11.5 Å². The number of halogens is 1. The second-order valence-corrected chi connectivity index (χ2v) is 6.17. The third-order valence-electron chi connectivity index (χ3n) is 3.66. The van der Waals surface area contributed by atoms with Crippen LogP contribution in [0.4, 0.5) is 0 Å². The third-order valence-corrected chi connectivity index (χ3v) is 4.25. The van der Waals surface area contributed by atoms with Crippen LogP contribution < -0.4 is 14.8 Å². The van der Waals surface area contributed by atoms with Crippen molar-refractivity contribution in [1.82, 2.24) is 5.32 Å². The van der Waals surface area contributed by atoms with Gasteiger partial charge < -0.3 is 19.6 Å². The molecule has 1 N–H and O–H groups in total. The van der Waals surface area contributed by atoms with Crippen molar-refractivity contribution in [1.29, 1.82) is 0 Å². The highest BCUT2D eigenvalue weighted by Gasteiger charge is 2.11. The van der Waals surface area contributed by atoms with Gasteiger partial charge in [0.1, 0.15) is 17.8 Å². The quantitative estimate of drug-likeness (QED) is 0.420. The summed E-state index contributed by atoms with van der Waals surface area (Å²) in [7, 11) is 4.72. The summed E-state index contributed by atoms with van der Waals surface area (Å²) in [5, 5.41) is 7.89. The van der Waals surface area contributed by atoms with Crippen LogP contribution >= 0.6 is 23.8 Å². The Balaban J connectivity index is 2.00. The molecule has 0 amide bonds. The van der Waals surface area contributed by atoms with Gasteiger partial charge in [0, 0.05) is 17.1 Å². The second kappa shape index (κ2) is 9.99. The minimum atomic E-state index is 0.509. The first-order chi connectivity index (χ1) is 12.6. The molecule has 0 saturated heterocycles. The van der Waals surface area contributed by atoms with E-state index in [9.17, 15) is 0 Å². The predicted octanol–water partition coefficient (Wildman–Crippen LogP) is 3.87. The molecule has 0 radical (unpaired) electrons. The van der Waals surface area contributed by atoms with Crippen molar-refractivity contribution in [2.24, 2.45) is 5.16 Å². The molecule has 5 nitrogen and oxygen atoms in total. The summed E-state index contributed by atoms with van der Waals surface area (Å²) in [4.78, 5) is 5.44. The molecule has 2 aromatic rings. The summed E-state index contributed by atoms with van der Waals surface area (Å²) in [5.41, 5.74) is 2.50. The fourth-order valence-electron chi connectivity index (χ4n) is 2.36. The summed E-state index contributed by atoms with van der Waals surface area (Å²) >= 11 is 11.4. The Kier molecular flexibility index (Phi) is 7.69. The summed E-state index contributed by atoms with van der Waals surface area (Å²) < 4.78 is 10.6. The van der Waals surface area contributed by atoms with E-state index in [0.717, 1.165) is 17.5 Å². The first-order valence-corrected chi connectivity index (χ1v) is 8.74. The van der Waals surface area contributed by atoms with Crippen molar-refractivity contribution in [3.63, 3.8) is 0 Å². The van der Waals surface area contributed by atoms with Gasteiger partial charge in [-0.3, -0.25) is 0 Å². The normalized spacial score (nSPS) is 11.0. The molecule has 2 rings (SSSR count). The number of benzene rings is 2. The van der Waals surface area contributed by atoms with E-state index in [0.29, 0.717) is 33.8 Å². The van der Waals surface area contributed by atoms with Gasteiger partial charge in [-0.25, -0.2) is 0 Å². The van der Waals surface area contributed by atoms with Crippen molar-refractivity contribution in [2.45, 2.75) is 6.42 Å². The zero-order valence-corrected chi connectivity index (χ0v) is 16.5. The van der Waals surface area contributed by atoms with Crippen LogP contribution in [0.25, 0.3) is 0 Å². The highest BCUT2D eigenvalue weighted by atomic mass is 35.5. The molecular formula is C19H21ClN2O3S. The lowest BCUT2D eigenvalue weighted by Crippen LogP contribution is -2.31. The zero-order chi connectivity index (χ0) is 18.9. The van der Waals surface area contributed by atoms with E-state index in [2.05, 4.69) is 10.5 Å². The number of hydrogen-bond acceptors (Lipinski definition) is 5. The van der Waals surface area contributed by atoms with E-state index < -0.39 is 0 Å². The Hall–Kier alpha value is -2.31. The highest BCUT2D eigenvalue weighted by Crippen LogP contribution is 2.27. The molecule has 0 saturated carbocycles. The molecule has 0 aliphatic carbocycles. The van der Waals surface area contributed by atoms with Crippen LogP contribution in [0.5, 0.6) is 11.5 Å². The molecule has 0 bridgehead atoms. The predicted molar refractivity (Wildman–Crippen MR) is 109 cm³/mol. The van der Waals surface area contributed by atoms with Gasteiger partial charge in [0.05, 0.1) is 14.2 Å². The number of ether oxygens (including phenoxy) is 2. The fraction of sp³-hybridized carbons (Fsp3) is 0.263. The van der Waals surface area contributed by atoms with Crippen LogP contribution in [0.3, 0.4) is 0 Å². The minimum absolute atomic E-state index is 0.509. The number of thiocarbonyl (C=S) groups is 1. The first kappa shape index (κ1) is 20.0. The fourth-order valence-corrected chi connectivity index (χ4v) is 2.75. The van der Waals surface area contributed by atoms with Crippen LogP contribution in [-0.4, -0.2) is 38.6 Å². The van der Waals surface area contributed by atoms with Crippen LogP contribution in [0, 0.1) is 0 Å². The van der Waals surface area contributed by atoms with E-state index in [1.54, 1.807) is 26.4 Å². The molecule has 0 heterocycles. The van der Waals surface area contributed by atoms with Crippen molar-refractivity contribution < 1.29 is 14.3 Å². The number of methoxy groups -OCH3 is 2. The number of nitrogens with one attached hydrogen (secondary N) is 1. The van der Waals surface area contributed by atoms with Crippen LogP contribution in [-0.2, 0) is 11.3 Å². The van der Waals surface area contributed by atoms with Gasteiger partial charge in [0.2, 0.25) is 0 Å². The van der Waals surface area contributed by atoms with E-state index >= 15 is 0 Å². The number of oxime groups is 1. The third kappa shape index (κ3) is 5.34. The Morgan fingerprint density at radius 1 is 1.04 bits per heavy atom. The Bertz CT molecular complexity index is 779. The molecule has 26 heavy (non-hydrogen) atoms. The maximum Gasteiger partial charge on any atom is 0.160 e. The molecule has 0 unspecified atom stereocenters. The van der Waals surface area contributed by atoms with Crippen molar-refractivity contribution >= 4 is 34.5 Å². The van der Waals surface area contributed by atoms with Crippen molar-refractivity contribution in [2.75, 3.05) is 27.9 Å². The van der Waals surface area contributed by atoms with Crippen LogP contribution in [0.15, 0.2) is 47.6 Å². The van der Waals surface area contributed by atoms with E-state index in [-0.39, 0.29) is 0 Å². The largest absolute Gasteiger partial charge is 0.493 e. The summed E-state index contributed by atoms with van der Waals surface area (Å²) in [6.45, 7) is 0.643. The topological polar surface area (TPSA) is 52.1 Å². The molecule has 0 fully saturated rings. The number of rotatable bonds is 8. The Morgan fingerprint density at radius 3 is 2.35 bits per heavy atom. The highest BCUT2D eigenvalue weighted by molar-refractivity contribution is 7.82. The Labute approximate surface area is 163 Å². The lowest BCUT2D eigenvalue weighted by molar-refractivity contribution is 0.214. The molecule has 7 heteroatoms. The van der Waals surface area contributed by atoms with Crippen molar-refractivity contribution in [3.05, 3.63) is 58.6 Å². The summed E-state index contributed by atoms with van der Waals surface area (Å²) in [6, 6.07) is 13.1. The van der Waals surface area contributed by atoms with E-state index in [1.165, 1.54) is 7.11 Å². The molecule has 0 atom stereocenters. The number of nitrogens with zero attached hydrogens (tertiary/aromatic N) is 1. The van der Waals surface area contributed by atoms with Gasteiger partial charge in [-0.05, 0) is 36.2 Å². The van der Waals surface area contributed by atoms with Gasteiger partial charge in [-0.2, -0.15) is 0 Å². The SMILES string of the molecule is CON=C(C(=S)NCCc1ccc(OC)c(OC)c1)c1ccc(Cl)cc1. The van der Waals surface area contributed by atoms with Crippen LogP contribution in [0.1, 0.15) is 11.1 Å². The summed E-state index contributed by atoms with van der Waals surface area (Å²) in [6.07, 6.45) is 0.765. The lowest BCUT2D eigenvalue weighted by Gasteiger charge is -2.12. The molecule has 0 aliphatic rings. The lowest BCUT2D eigenvalue weighted by atomic mass is 10.1. The van der Waals surface area contributed by atoms with E-state index in [1.807, 2.05) is 30.3 Å². The molecule has 0 aliphatic heterocycles. The molecule has 138 valence electrons. The first-order valence-electron chi connectivity index (χ1n) is 7.95. The smallest absolute Gasteiger partial charge is 0.160 e. The van der Waals surface area contributed by atoms with Gasteiger partial charge >= 0.3 is 0 Å². The van der Waals surface area contributed by atoms with Crippen molar-refractivity contribution in [3.8, 4) is 11.5 Å². The molecule has 2 aromatic carbocycles. The van der Waals surface area contributed by atoms with Gasteiger partial charge in [-0.1, -0.05) is 47.2 Å². The second-order valence-electron chi connectivity index (χ2n) is 5.32. The summed E-state index contributed by atoms with van der Waals surface area (Å²) in [5.74, 6) is 1.41. The maximum atomic E-state index is 5.93. The maximum absolute atomic E-state index is 5.93. The standard InChI is InChI=1S/C19H21ClN2O3S/c1-23-16-9-4-13(12-17(16)24-2)10-11-21-19(26)18(22-25-3)14-5-7-15(20)8-6-14/h4-9,12H,10-11H2,1-3H3,(H,21,26). The average Bonchev–Trinajstić information content (AvgIpc) is 2.66. The minimum Gasteiger partial charge on any atom is -0.493 e. The zero-order valence-electron chi connectivity index (χ0n) is 14.9. The van der Waals surface area contributed by atoms with Gasteiger partial charge in [0.25, 0.3) is 0 Å². The average molecular weight is 393 g/mol. The van der Waals surface area contributed by atoms with E-state index in [4.69, 9.17) is 38.1 Å². The Morgan fingerprint density at radius 2 is 1.73 bits per heavy atom. The van der Waals surface area contributed by atoms with Crippen LogP contribution in [0.2, 0.25) is 5.02 Å². The van der Waals surface area contributed by atoms with Gasteiger partial charge in [-0.15, -0.1) is 0 Å². The molecule has 0 spiro atoms. The molecular weight excluding hydrogens is 372 g/mol. The monoisotopic (exact) mass is 392 g/mol. The number of hydrogen-bond donors (Lipinski definition) is 1. The molecule has 0 aromatic heterocycles.